The number of ether oxygens (including phenoxy) is 1. The molecule has 0 spiro atoms. The summed E-state index contributed by atoms with van der Waals surface area (Å²) in [6.07, 6.45) is -4.65. The van der Waals surface area contributed by atoms with E-state index in [1.165, 1.54) is 24.5 Å². The number of alkyl halides is 3. The first-order chi connectivity index (χ1) is 14.9. The van der Waals surface area contributed by atoms with Gasteiger partial charge in [0.1, 0.15) is 5.75 Å². The second-order valence-electron chi connectivity index (χ2n) is 6.45. The number of nitrogens with zero attached hydrogens (tertiary/aromatic N) is 5. The number of rotatable bonds is 4. The van der Waals surface area contributed by atoms with E-state index in [0.717, 1.165) is 15.5 Å². The summed E-state index contributed by atoms with van der Waals surface area (Å²) in [6, 6.07) is 12.6. The summed E-state index contributed by atoms with van der Waals surface area (Å²) in [6.45, 7) is 0. The van der Waals surface area contributed by atoms with Gasteiger partial charge in [-0.15, -0.1) is 11.3 Å². The molecule has 11 heteroatoms. The Hall–Kier alpha value is -3.73. The smallest absolute Gasteiger partial charge is 0.433 e. The third-order valence-corrected chi connectivity index (χ3v) is 5.36. The van der Waals surface area contributed by atoms with Crippen molar-refractivity contribution in [3.8, 4) is 39.3 Å². The number of thiophene rings is 1. The van der Waals surface area contributed by atoms with E-state index in [0.29, 0.717) is 17.1 Å². The van der Waals surface area contributed by atoms with Gasteiger partial charge in [0.05, 0.1) is 17.7 Å². The highest BCUT2D eigenvalue weighted by molar-refractivity contribution is 7.13. The molecule has 0 aliphatic rings. The quantitative estimate of drug-likeness (QED) is 0.380. The van der Waals surface area contributed by atoms with Crippen LogP contribution in [0.4, 0.5) is 13.2 Å². The normalized spacial score (nSPS) is 11.9. The monoisotopic (exact) mass is 443 g/mol. The van der Waals surface area contributed by atoms with Gasteiger partial charge in [-0.05, 0) is 41.8 Å². The zero-order valence-corrected chi connectivity index (χ0v) is 16.6. The van der Waals surface area contributed by atoms with Crippen LogP contribution in [0.2, 0.25) is 0 Å². The number of benzene rings is 1. The summed E-state index contributed by atoms with van der Waals surface area (Å²) in [5, 5.41) is 9.76. The lowest BCUT2D eigenvalue weighted by Crippen LogP contribution is -2.13. The molecule has 0 fully saturated rings. The number of hydrogen-bond acceptors (Lipinski definition) is 7. The Morgan fingerprint density at radius 3 is 2.52 bits per heavy atom. The third kappa shape index (κ3) is 3.52. The number of aromatic nitrogens is 5. The standard InChI is InChI=1S/C20H12F3N5O2S/c1-29-12-6-4-11(5-7-12)13-9-16(20(21,22)23)28-17(24-13)10-14(26-28)19-25-18(27-30-19)15-3-2-8-31-15/h2-10H,1H3. The van der Waals surface area contributed by atoms with Crippen molar-refractivity contribution < 1.29 is 22.4 Å². The van der Waals surface area contributed by atoms with Crippen molar-refractivity contribution in [3.05, 3.63) is 59.6 Å². The van der Waals surface area contributed by atoms with Gasteiger partial charge in [0, 0.05) is 11.6 Å². The molecule has 31 heavy (non-hydrogen) atoms. The molecule has 4 aromatic heterocycles. The van der Waals surface area contributed by atoms with Crippen molar-refractivity contribution in [2.24, 2.45) is 0 Å². The van der Waals surface area contributed by atoms with E-state index in [4.69, 9.17) is 9.26 Å². The zero-order chi connectivity index (χ0) is 21.6. The summed E-state index contributed by atoms with van der Waals surface area (Å²) in [4.78, 5) is 9.37. The zero-order valence-electron chi connectivity index (χ0n) is 15.8. The second-order valence-corrected chi connectivity index (χ2v) is 7.40. The van der Waals surface area contributed by atoms with Crippen LogP contribution in [0.25, 0.3) is 39.2 Å². The molecular weight excluding hydrogens is 431 g/mol. The summed E-state index contributed by atoms with van der Waals surface area (Å²) < 4.78 is 52.4. The number of hydrogen-bond donors (Lipinski definition) is 0. The maximum absolute atomic E-state index is 13.8. The first-order valence-electron chi connectivity index (χ1n) is 8.93. The minimum Gasteiger partial charge on any atom is -0.497 e. The van der Waals surface area contributed by atoms with E-state index in [1.807, 2.05) is 17.5 Å². The van der Waals surface area contributed by atoms with Crippen molar-refractivity contribution in [1.82, 2.24) is 24.7 Å². The fourth-order valence-electron chi connectivity index (χ4n) is 3.02. The van der Waals surface area contributed by atoms with Crippen molar-refractivity contribution in [2.75, 3.05) is 7.11 Å². The van der Waals surface area contributed by atoms with Crippen LogP contribution < -0.4 is 4.74 Å². The van der Waals surface area contributed by atoms with Crippen LogP contribution in [0.3, 0.4) is 0 Å². The van der Waals surface area contributed by atoms with Gasteiger partial charge in [-0.2, -0.15) is 23.3 Å². The van der Waals surface area contributed by atoms with Crippen LogP contribution in [-0.4, -0.2) is 31.8 Å². The molecule has 0 amide bonds. The molecule has 0 bridgehead atoms. The highest BCUT2D eigenvalue weighted by Crippen LogP contribution is 2.34. The average molecular weight is 443 g/mol. The topological polar surface area (TPSA) is 78.3 Å². The Morgan fingerprint density at radius 1 is 1.03 bits per heavy atom. The summed E-state index contributed by atoms with van der Waals surface area (Å²) >= 11 is 1.42. The lowest BCUT2D eigenvalue weighted by Gasteiger charge is -2.11. The minimum atomic E-state index is -4.65. The van der Waals surface area contributed by atoms with E-state index >= 15 is 0 Å². The molecular formula is C20H12F3N5O2S. The van der Waals surface area contributed by atoms with Gasteiger partial charge < -0.3 is 9.26 Å². The van der Waals surface area contributed by atoms with Crippen LogP contribution in [0.15, 0.2) is 58.4 Å². The van der Waals surface area contributed by atoms with Gasteiger partial charge in [-0.3, -0.25) is 0 Å². The Kier molecular flexibility index (Phi) is 4.47. The van der Waals surface area contributed by atoms with Crippen LogP contribution in [-0.2, 0) is 6.18 Å². The van der Waals surface area contributed by atoms with Crippen molar-refractivity contribution in [1.29, 1.82) is 0 Å². The molecule has 1 aromatic carbocycles. The highest BCUT2D eigenvalue weighted by Gasteiger charge is 2.35. The third-order valence-electron chi connectivity index (χ3n) is 4.49. The molecule has 0 aliphatic heterocycles. The van der Waals surface area contributed by atoms with E-state index in [-0.39, 0.29) is 22.9 Å². The Bertz CT molecular complexity index is 1360. The molecule has 0 aliphatic carbocycles. The lowest BCUT2D eigenvalue weighted by molar-refractivity contribution is -0.142. The average Bonchev–Trinajstić information content (AvgIpc) is 3.51. The maximum atomic E-state index is 13.8. The molecule has 0 N–H and O–H groups in total. The second kappa shape index (κ2) is 7.20. The highest BCUT2D eigenvalue weighted by atomic mass is 32.1. The Morgan fingerprint density at radius 2 is 1.84 bits per heavy atom. The first-order valence-corrected chi connectivity index (χ1v) is 9.81. The van der Waals surface area contributed by atoms with Crippen LogP contribution in [0, 0.1) is 0 Å². The molecule has 5 rings (SSSR count). The molecule has 0 radical (unpaired) electrons. The van der Waals surface area contributed by atoms with E-state index < -0.39 is 11.9 Å². The molecule has 0 atom stereocenters. The molecule has 5 aromatic rings. The van der Waals surface area contributed by atoms with Crippen molar-refractivity contribution in [2.45, 2.75) is 6.18 Å². The number of methoxy groups -OCH3 is 1. The van der Waals surface area contributed by atoms with Crippen molar-refractivity contribution >= 4 is 17.0 Å². The fourth-order valence-corrected chi connectivity index (χ4v) is 3.67. The summed E-state index contributed by atoms with van der Waals surface area (Å²) in [5.41, 5.74) is -0.202. The largest absolute Gasteiger partial charge is 0.497 e. The van der Waals surface area contributed by atoms with Gasteiger partial charge >= 0.3 is 6.18 Å². The molecule has 7 nitrogen and oxygen atoms in total. The Balaban J connectivity index is 1.63. The summed E-state index contributed by atoms with van der Waals surface area (Å²) in [7, 11) is 1.51. The van der Waals surface area contributed by atoms with Gasteiger partial charge in [-0.1, -0.05) is 11.2 Å². The van der Waals surface area contributed by atoms with E-state index in [1.54, 1.807) is 24.3 Å². The predicted octanol–water partition coefficient (Wildman–Crippen LogP) is 5.20. The lowest BCUT2D eigenvalue weighted by atomic mass is 10.1. The number of fused-ring (bicyclic) bond motifs is 1. The molecule has 0 unspecified atom stereocenters. The van der Waals surface area contributed by atoms with Crippen LogP contribution in [0.5, 0.6) is 5.75 Å². The molecule has 156 valence electrons. The van der Waals surface area contributed by atoms with Crippen LogP contribution >= 0.6 is 11.3 Å². The number of halogens is 3. The van der Waals surface area contributed by atoms with Crippen molar-refractivity contribution in [3.63, 3.8) is 0 Å². The molecule has 0 saturated heterocycles. The maximum Gasteiger partial charge on any atom is 0.433 e. The molecule has 4 heterocycles. The summed E-state index contributed by atoms with van der Waals surface area (Å²) in [5.74, 6) is 0.934. The van der Waals surface area contributed by atoms with Gasteiger partial charge in [0.2, 0.25) is 5.82 Å². The van der Waals surface area contributed by atoms with Gasteiger partial charge in [-0.25, -0.2) is 9.50 Å². The van der Waals surface area contributed by atoms with Crippen LogP contribution in [0.1, 0.15) is 5.69 Å². The fraction of sp³-hybridized carbons (Fsp3) is 0.100. The SMILES string of the molecule is COc1ccc(-c2cc(C(F)(F)F)n3nc(-c4nc(-c5cccs5)no4)cc3n2)cc1. The Labute approximate surface area is 176 Å². The van der Waals surface area contributed by atoms with E-state index in [9.17, 15) is 13.2 Å². The first kappa shape index (κ1) is 19.2. The van der Waals surface area contributed by atoms with E-state index in [2.05, 4.69) is 20.2 Å². The van der Waals surface area contributed by atoms with Gasteiger partial charge in [0.25, 0.3) is 5.89 Å². The minimum absolute atomic E-state index is 0.00603. The predicted molar refractivity (Wildman–Crippen MR) is 107 cm³/mol. The van der Waals surface area contributed by atoms with Gasteiger partial charge in [0.15, 0.2) is 17.0 Å². The molecule has 0 saturated carbocycles.